The van der Waals surface area contributed by atoms with Gasteiger partial charge in [-0.15, -0.1) is 11.3 Å². The first kappa shape index (κ1) is 12.3. The number of carbonyl (C=O) groups is 1. The molecule has 4 heteroatoms. The second-order valence-corrected chi connectivity index (χ2v) is 5.26. The number of piperidine rings is 1. The highest BCUT2D eigenvalue weighted by Crippen LogP contribution is 2.13. The number of amides is 1. The number of likely N-dealkylation sites (N-methyl/N-ethyl adjacent to an activating group) is 1. The number of nitrogens with one attached hydrogen (secondary N) is 1. The molecular weight excluding hydrogens is 232 g/mol. The van der Waals surface area contributed by atoms with E-state index in [1.807, 2.05) is 35.5 Å². The Bertz CT molecular complexity index is 380. The van der Waals surface area contributed by atoms with E-state index in [2.05, 4.69) is 5.32 Å². The molecule has 92 valence electrons. The van der Waals surface area contributed by atoms with Crippen LogP contribution in [-0.2, 0) is 4.79 Å². The molecule has 0 spiro atoms. The SMILES string of the molecule is CN(C(=O)/C=C/c1cccs1)C1CCNCC1. The summed E-state index contributed by atoms with van der Waals surface area (Å²) in [4.78, 5) is 14.9. The van der Waals surface area contributed by atoms with Gasteiger partial charge in [0.05, 0.1) is 0 Å². The van der Waals surface area contributed by atoms with Crippen LogP contribution in [0.5, 0.6) is 0 Å². The first-order valence-electron chi connectivity index (χ1n) is 5.96. The van der Waals surface area contributed by atoms with Crippen molar-refractivity contribution in [3.05, 3.63) is 28.5 Å². The van der Waals surface area contributed by atoms with Crippen molar-refractivity contribution in [1.29, 1.82) is 0 Å². The summed E-state index contributed by atoms with van der Waals surface area (Å²) in [6.45, 7) is 2.02. The van der Waals surface area contributed by atoms with Gasteiger partial charge in [0.15, 0.2) is 0 Å². The summed E-state index contributed by atoms with van der Waals surface area (Å²) in [7, 11) is 1.90. The number of nitrogens with zero attached hydrogens (tertiary/aromatic N) is 1. The lowest BCUT2D eigenvalue weighted by molar-refractivity contribution is -0.127. The highest BCUT2D eigenvalue weighted by atomic mass is 32.1. The van der Waals surface area contributed by atoms with Crippen LogP contribution in [-0.4, -0.2) is 37.0 Å². The van der Waals surface area contributed by atoms with Gasteiger partial charge in [-0.3, -0.25) is 4.79 Å². The van der Waals surface area contributed by atoms with Crippen molar-refractivity contribution in [2.75, 3.05) is 20.1 Å². The zero-order valence-electron chi connectivity index (χ0n) is 10.1. The lowest BCUT2D eigenvalue weighted by atomic mass is 10.1. The number of hydrogen-bond donors (Lipinski definition) is 1. The first-order chi connectivity index (χ1) is 8.27. The predicted molar refractivity (Wildman–Crippen MR) is 72.0 cm³/mol. The number of carbonyl (C=O) groups excluding carboxylic acids is 1. The Labute approximate surface area is 106 Å². The van der Waals surface area contributed by atoms with Crippen LogP contribution in [0.25, 0.3) is 6.08 Å². The maximum absolute atomic E-state index is 12.0. The zero-order chi connectivity index (χ0) is 12.1. The summed E-state index contributed by atoms with van der Waals surface area (Å²) >= 11 is 1.64. The Balaban J connectivity index is 1.90. The topological polar surface area (TPSA) is 32.3 Å². The minimum atomic E-state index is 0.102. The molecule has 0 aliphatic carbocycles. The maximum Gasteiger partial charge on any atom is 0.246 e. The molecule has 1 saturated heterocycles. The molecule has 0 bridgehead atoms. The number of rotatable bonds is 3. The van der Waals surface area contributed by atoms with Gasteiger partial charge >= 0.3 is 0 Å². The molecule has 2 rings (SSSR count). The van der Waals surface area contributed by atoms with Gasteiger partial charge in [0, 0.05) is 24.0 Å². The summed E-state index contributed by atoms with van der Waals surface area (Å²) in [5.74, 6) is 0.102. The summed E-state index contributed by atoms with van der Waals surface area (Å²) in [6, 6.07) is 4.39. The monoisotopic (exact) mass is 250 g/mol. The fourth-order valence-electron chi connectivity index (χ4n) is 2.03. The maximum atomic E-state index is 12.0. The van der Waals surface area contributed by atoms with Crippen molar-refractivity contribution in [1.82, 2.24) is 10.2 Å². The van der Waals surface area contributed by atoms with Crippen LogP contribution in [0.1, 0.15) is 17.7 Å². The zero-order valence-corrected chi connectivity index (χ0v) is 10.9. The van der Waals surface area contributed by atoms with E-state index in [0.29, 0.717) is 6.04 Å². The van der Waals surface area contributed by atoms with E-state index in [1.54, 1.807) is 17.4 Å². The quantitative estimate of drug-likeness (QED) is 0.832. The summed E-state index contributed by atoms with van der Waals surface area (Å²) in [5.41, 5.74) is 0. The Morgan fingerprint density at radius 3 is 2.94 bits per heavy atom. The molecule has 1 aliphatic heterocycles. The third-order valence-corrected chi connectivity index (χ3v) is 3.97. The van der Waals surface area contributed by atoms with Crippen molar-refractivity contribution >= 4 is 23.3 Å². The standard InChI is InChI=1S/C13H18N2OS/c1-15(11-6-8-14-9-7-11)13(16)5-4-12-3-2-10-17-12/h2-5,10-11,14H,6-9H2,1H3/b5-4+. The normalized spacial score (nSPS) is 17.5. The van der Waals surface area contributed by atoms with E-state index >= 15 is 0 Å². The molecule has 1 N–H and O–H groups in total. The van der Waals surface area contributed by atoms with Crippen LogP contribution in [0.4, 0.5) is 0 Å². The molecule has 1 fully saturated rings. The van der Waals surface area contributed by atoms with E-state index < -0.39 is 0 Å². The smallest absolute Gasteiger partial charge is 0.246 e. The molecule has 17 heavy (non-hydrogen) atoms. The van der Waals surface area contributed by atoms with Crippen molar-refractivity contribution in [2.24, 2.45) is 0 Å². The van der Waals surface area contributed by atoms with E-state index in [0.717, 1.165) is 30.8 Å². The van der Waals surface area contributed by atoms with E-state index in [9.17, 15) is 4.79 Å². The van der Waals surface area contributed by atoms with Gasteiger partial charge in [0.25, 0.3) is 0 Å². The molecular formula is C13H18N2OS. The minimum Gasteiger partial charge on any atom is -0.339 e. The van der Waals surface area contributed by atoms with Gasteiger partial charge in [0.2, 0.25) is 5.91 Å². The third-order valence-electron chi connectivity index (χ3n) is 3.14. The average molecular weight is 250 g/mol. The molecule has 0 aromatic carbocycles. The molecule has 1 aliphatic rings. The van der Waals surface area contributed by atoms with Crippen molar-refractivity contribution in [3.8, 4) is 0 Å². The summed E-state index contributed by atoms with van der Waals surface area (Å²) in [6.07, 6.45) is 5.67. The van der Waals surface area contributed by atoms with Crippen LogP contribution in [0.2, 0.25) is 0 Å². The van der Waals surface area contributed by atoms with Crippen LogP contribution in [0.15, 0.2) is 23.6 Å². The summed E-state index contributed by atoms with van der Waals surface area (Å²) in [5, 5.41) is 5.32. The average Bonchev–Trinajstić information content (AvgIpc) is 2.89. The second kappa shape index (κ2) is 5.98. The van der Waals surface area contributed by atoms with Gasteiger partial charge in [0.1, 0.15) is 0 Å². The van der Waals surface area contributed by atoms with E-state index in [-0.39, 0.29) is 5.91 Å². The molecule has 0 saturated carbocycles. The van der Waals surface area contributed by atoms with Crippen LogP contribution >= 0.6 is 11.3 Å². The van der Waals surface area contributed by atoms with Crippen molar-refractivity contribution < 1.29 is 4.79 Å². The van der Waals surface area contributed by atoms with Crippen molar-refractivity contribution in [3.63, 3.8) is 0 Å². The predicted octanol–water partition coefficient (Wildman–Crippen LogP) is 1.97. The minimum absolute atomic E-state index is 0.102. The number of hydrogen-bond acceptors (Lipinski definition) is 3. The highest BCUT2D eigenvalue weighted by Gasteiger charge is 2.20. The van der Waals surface area contributed by atoms with Crippen molar-refractivity contribution in [2.45, 2.75) is 18.9 Å². The Morgan fingerprint density at radius 2 is 2.29 bits per heavy atom. The Hall–Kier alpha value is -1.13. The second-order valence-electron chi connectivity index (χ2n) is 4.28. The Kier molecular flexibility index (Phi) is 4.34. The fourth-order valence-corrected chi connectivity index (χ4v) is 2.65. The van der Waals surface area contributed by atoms with Gasteiger partial charge in [-0.05, 0) is 43.5 Å². The lowest BCUT2D eigenvalue weighted by Crippen LogP contribution is -2.43. The van der Waals surface area contributed by atoms with Crippen LogP contribution in [0.3, 0.4) is 0 Å². The molecule has 0 radical (unpaired) electrons. The van der Waals surface area contributed by atoms with E-state index in [1.165, 1.54) is 0 Å². The molecule has 1 aromatic rings. The summed E-state index contributed by atoms with van der Waals surface area (Å²) < 4.78 is 0. The van der Waals surface area contributed by atoms with Gasteiger partial charge in [-0.25, -0.2) is 0 Å². The van der Waals surface area contributed by atoms with Gasteiger partial charge in [-0.1, -0.05) is 6.07 Å². The molecule has 0 atom stereocenters. The third kappa shape index (κ3) is 3.41. The molecule has 1 amide bonds. The number of thiophene rings is 1. The lowest BCUT2D eigenvalue weighted by Gasteiger charge is -2.30. The fraction of sp³-hybridized carbons (Fsp3) is 0.462. The Morgan fingerprint density at radius 1 is 1.53 bits per heavy atom. The molecule has 2 heterocycles. The largest absolute Gasteiger partial charge is 0.339 e. The molecule has 3 nitrogen and oxygen atoms in total. The van der Waals surface area contributed by atoms with E-state index in [4.69, 9.17) is 0 Å². The highest BCUT2D eigenvalue weighted by molar-refractivity contribution is 7.10. The van der Waals surface area contributed by atoms with Gasteiger partial charge in [-0.2, -0.15) is 0 Å². The molecule has 0 unspecified atom stereocenters. The first-order valence-corrected chi connectivity index (χ1v) is 6.84. The molecule has 1 aromatic heterocycles. The van der Waals surface area contributed by atoms with Gasteiger partial charge < -0.3 is 10.2 Å². The van der Waals surface area contributed by atoms with Crippen LogP contribution < -0.4 is 5.32 Å². The van der Waals surface area contributed by atoms with Crippen LogP contribution in [0, 0.1) is 0 Å².